The maximum atomic E-state index is 13.0. The molecule has 5 heterocycles. The quantitative estimate of drug-likeness (QED) is 0.289. The second-order valence-corrected chi connectivity index (χ2v) is 9.58. The number of H-pyrrole nitrogens is 1. The van der Waals surface area contributed by atoms with Crippen molar-refractivity contribution in [1.82, 2.24) is 34.5 Å². The zero-order valence-corrected chi connectivity index (χ0v) is 22.1. The van der Waals surface area contributed by atoms with E-state index < -0.39 is 0 Å². The molecule has 3 N–H and O–H groups in total. The van der Waals surface area contributed by atoms with Crippen molar-refractivity contribution in [3.8, 4) is 17.1 Å². The Morgan fingerprint density at radius 3 is 2.54 bits per heavy atom. The van der Waals surface area contributed by atoms with Gasteiger partial charge in [0.15, 0.2) is 17.2 Å². The van der Waals surface area contributed by atoms with Crippen LogP contribution in [-0.4, -0.2) is 54.7 Å². The van der Waals surface area contributed by atoms with Crippen molar-refractivity contribution in [3.63, 3.8) is 0 Å². The number of anilines is 5. The van der Waals surface area contributed by atoms with Crippen LogP contribution in [0, 0.1) is 0 Å². The minimum absolute atomic E-state index is 0.197. The largest absolute Gasteiger partial charge is 0.494 e. The molecule has 200 valence electrons. The van der Waals surface area contributed by atoms with Crippen LogP contribution in [0.4, 0.5) is 28.7 Å². The van der Waals surface area contributed by atoms with E-state index in [9.17, 15) is 4.79 Å². The molecule has 0 spiro atoms. The molecule has 1 saturated heterocycles. The van der Waals surface area contributed by atoms with E-state index in [-0.39, 0.29) is 5.56 Å². The van der Waals surface area contributed by atoms with Crippen molar-refractivity contribution in [3.05, 3.63) is 59.3 Å². The number of hydrogen-bond acceptors (Lipinski definition) is 9. The van der Waals surface area contributed by atoms with E-state index >= 15 is 0 Å². The van der Waals surface area contributed by atoms with E-state index in [4.69, 9.17) is 4.74 Å². The number of ether oxygens (including phenoxy) is 1. The second kappa shape index (κ2) is 10.1. The van der Waals surface area contributed by atoms with Crippen molar-refractivity contribution in [2.45, 2.75) is 19.3 Å². The Morgan fingerprint density at radius 1 is 0.974 bits per heavy atom. The predicted molar refractivity (Wildman–Crippen MR) is 151 cm³/mol. The molecule has 1 fully saturated rings. The fraction of sp³-hybridized carbons (Fsp3) is 0.296. The number of piperidine rings is 1. The number of nitrogens with zero attached hydrogens (tertiary/aromatic N) is 7. The first-order valence-corrected chi connectivity index (χ1v) is 12.9. The van der Waals surface area contributed by atoms with Crippen LogP contribution in [0.1, 0.15) is 19.3 Å². The summed E-state index contributed by atoms with van der Waals surface area (Å²) in [6, 6.07) is 11.5. The van der Waals surface area contributed by atoms with Gasteiger partial charge in [0.2, 0.25) is 0 Å². The number of aromatic amines is 1. The van der Waals surface area contributed by atoms with E-state index in [1.165, 1.54) is 23.9 Å². The molecule has 4 aromatic heterocycles. The Kier molecular flexibility index (Phi) is 6.35. The molecular formula is C27H30N10O2. The maximum Gasteiger partial charge on any atom is 0.277 e. The Morgan fingerprint density at radius 2 is 1.82 bits per heavy atom. The van der Waals surface area contributed by atoms with E-state index in [2.05, 4.69) is 46.7 Å². The van der Waals surface area contributed by atoms with E-state index in [0.29, 0.717) is 45.6 Å². The molecule has 0 aliphatic carbocycles. The zero-order valence-electron chi connectivity index (χ0n) is 22.1. The van der Waals surface area contributed by atoms with Crippen LogP contribution in [0.25, 0.3) is 22.4 Å². The van der Waals surface area contributed by atoms with Gasteiger partial charge in [-0.25, -0.2) is 15.0 Å². The summed E-state index contributed by atoms with van der Waals surface area (Å²) >= 11 is 0. The van der Waals surface area contributed by atoms with Gasteiger partial charge in [0, 0.05) is 33.3 Å². The van der Waals surface area contributed by atoms with Crippen molar-refractivity contribution in [2.75, 3.05) is 35.7 Å². The molecule has 0 atom stereocenters. The number of para-hydroxylation sites is 1. The smallest absolute Gasteiger partial charge is 0.277 e. The third-order valence-corrected chi connectivity index (χ3v) is 6.87. The molecule has 0 amide bonds. The number of aromatic nitrogens is 7. The number of benzene rings is 1. The lowest BCUT2D eigenvalue weighted by atomic mass is 10.1. The van der Waals surface area contributed by atoms with Crippen LogP contribution in [0.2, 0.25) is 0 Å². The Bertz CT molecular complexity index is 1680. The lowest BCUT2D eigenvalue weighted by Gasteiger charge is -2.28. The van der Waals surface area contributed by atoms with Gasteiger partial charge in [-0.15, -0.1) is 0 Å². The number of fused-ring (bicyclic) bond motifs is 1. The van der Waals surface area contributed by atoms with Gasteiger partial charge in [0.05, 0.1) is 35.9 Å². The summed E-state index contributed by atoms with van der Waals surface area (Å²) in [6.07, 6.45) is 7.22. The summed E-state index contributed by atoms with van der Waals surface area (Å²) in [4.78, 5) is 29.0. The van der Waals surface area contributed by atoms with E-state index in [1.807, 2.05) is 37.5 Å². The Hall–Kier alpha value is -4.87. The normalized spacial score (nSPS) is 13.6. The van der Waals surface area contributed by atoms with Gasteiger partial charge >= 0.3 is 0 Å². The number of pyridine rings is 2. The van der Waals surface area contributed by atoms with Gasteiger partial charge in [-0.05, 0) is 43.5 Å². The lowest BCUT2D eigenvalue weighted by Crippen LogP contribution is -2.29. The minimum Gasteiger partial charge on any atom is -0.494 e. The molecule has 1 aliphatic rings. The van der Waals surface area contributed by atoms with Crippen molar-refractivity contribution in [1.29, 1.82) is 0 Å². The van der Waals surface area contributed by atoms with Gasteiger partial charge in [-0.2, -0.15) is 5.10 Å². The molecule has 0 radical (unpaired) electrons. The van der Waals surface area contributed by atoms with Gasteiger partial charge in [-0.3, -0.25) is 19.3 Å². The van der Waals surface area contributed by atoms with Crippen molar-refractivity contribution in [2.24, 2.45) is 14.1 Å². The first kappa shape index (κ1) is 24.5. The van der Waals surface area contributed by atoms with Crippen LogP contribution < -0.4 is 25.8 Å². The lowest BCUT2D eigenvalue weighted by molar-refractivity contribution is 0.418. The average molecular weight is 527 g/mol. The number of rotatable bonds is 7. The highest BCUT2D eigenvalue weighted by Gasteiger charge is 2.19. The molecule has 12 nitrogen and oxygen atoms in total. The van der Waals surface area contributed by atoms with Crippen molar-refractivity contribution < 1.29 is 4.74 Å². The van der Waals surface area contributed by atoms with Crippen LogP contribution in [-0.2, 0) is 14.1 Å². The molecule has 6 rings (SSSR count). The van der Waals surface area contributed by atoms with E-state index in [1.54, 1.807) is 31.2 Å². The summed E-state index contributed by atoms with van der Waals surface area (Å²) in [5.41, 5.74) is 3.32. The summed E-state index contributed by atoms with van der Waals surface area (Å²) in [6.45, 7) is 2.12. The standard InChI is InChI=1S/C27H30N10O2/c1-35-16-29-25(33-35)18-8-7-9-19(24(18)39-3)30-20-14-22(32-26-23(20)27(38)36(2)34-26)31-21-11-10-17(15-28-21)37-12-5-4-6-13-37/h7-11,14-16H,4-6,12-13H2,1-3H3,(H3,28,30,31,32,34). The predicted octanol–water partition coefficient (Wildman–Crippen LogP) is 3.94. The summed E-state index contributed by atoms with van der Waals surface area (Å²) in [5, 5.41) is 14.5. The number of methoxy groups -OCH3 is 1. The summed E-state index contributed by atoms with van der Waals surface area (Å²) in [7, 11) is 5.07. The second-order valence-electron chi connectivity index (χ2n) is 9.58. The number of hydrogen-bond donors (Lipinski definition) is 3. The SMILES string of the molecule is COc1c(Nc2cc(Nc3ccc(N4CCCCC4)cn3)nc3[nH]n(C)c(=O)c23)cccc1-c1ncn(C)n1. The van der Waals surface area contributed by atoms with Gasteiger partial charge < -0.3 is 20.3 Å². The third kappa shape index (κ3) is 4.76. The molecule has 5 aromatic rings. The molecule has 0 saturated carbocycles. The number of nitrogens with one attached hydrogen (secondary N) is 3. The Balaban J connectivity index is 1.35. The van der Waals surface area contributed by atoms with E-state index in [0.717, 1.165) is 24.3 Å². The summed E-state index contributed by atoms with van der Waals surface area (Å²) in [5.74, 6) is 2.29. The average Bonchev–Trinajstić information content (AvgIpc) is 3.51. The van der Waals surface area contributed by atoms with Gasteiger partial charge in [-0.1, -0.05) is 6.07 Å². The monoisotopic (exact) mass is 526 g/mol. The molecule has 0 unspecified atom stereocenters. The van der Waals surface area contributed by atoms with Crippen LogP contribution in [0.3, 0.4) is 0 Å². The molecule has 12 heteroatoms. The highest BCUT2D eigenvalue weighted by Crippen LogP contribution is 2.37. The van der Waals surface area contributed by atoms with Gasteiger partial charge in [0.1, 0.15) is 23.3 Å². The molecule has 1 aliphatic heterocycles. The molecular weight excluding hydrogens is 496 g/mol. The van der Waals surface area contributed by atoms with Crippen LogP contribution in [0.5, 0.6) is 5.75 Å². The topological polar surface area (TPSA) is 131 Å². The van der Waals surface area contributed by atoms with Crippen LogP contribution >= 0.6 is 0 Å². The Labute approximate surface area is 224 Å². The highest BCUT2D eigenvalue weighted by atomic mass is 16.5. The minimum atomic E-state index is -0.197. The number of aryl methyl sites for hydroxylation is 2. The highest BCUT2D eigenvalue weighted by molar-refractivity contribution is 5.94. The third-order valence-electron chi connectivity index (χ3n) is 6.87. The fourth-order valence-electron chi connectivity index (χ4n) is 4.95. The van der Waals surface area contributed by atoms with Crippen LogP contribution in [0.15, 0.2) is 53.7 Å². The first-order valence-electron chi connectivity index (χ1n) is 12.9. The van der Waals surface area contributed by atoms with Crippen molar-refractivity contribution >= 4 is 39.7 Å². The fourth-order valence-corrected chi connectivity index (χ4v) is 4.95. The molecule has 39 heavy (non-hydrogen) atoms. The first-order chi connectivity index (χ1) is 19.0. The maximum absolute atomic E-state index is 13.0. The zero-order chi connectivity index (χ0) is 26.9. The molecule has 1 aromatic carbocycles. The summed E-state index contributed by atoms with van der Waals surface area (Å²) < 4.78 is 8.80. The van der Waals surface area contributed by atoms with Gasteiger partial charge in [0.25, 0.3) is 5.56 Å². The molecule has 0 bridgehead atoms.